The zero-order valence-electron chi connectivity index (χ0n) is 17.6. The number of benzene rings is 3. The van der Waals surface area contributed by atoms with Crippen LogP contribution in [0.5, 0.6) is 11.5 Å². The quantitative estimate of drug-likeness (QED) is 0.342. The summed E-state index contributed by atoms with van der Waals surface area (Å²) in [7, 11) is 3.20. The monoisotopic (exact) mass is 447 g/mol. The standard InChI is InChI=1S/C24H21N3O4S/c1-29-22-8-5-7-21(24(22)30-2)27-14-20(25-26-27)19-6-3-4-9-23(19)32-18-12-10-17(11-13-18)15-31-16-28/h3-14,16H,15H2,1-2H3. The summed E-state index contributed by atoms with van der Waals surface area (Å²) in [5.41, 5.74) is 3.39. The molecule has 0 fully saturated rings. The zero-order valence-corrected chi connectivity index (χ0v) is 18.4. The summed E-state index contributed by atoms with van der Waals surface area (Å²) in [5.74, 6) is 1.22. The van der Waals surface area contributed by atoms with Gasteiger partial charge in [0.2, 0.25) is 0 Å². The third kappa shape index (κ3) is 4.60. The van der Waals surface area contributed by atoms with Gasteiger partial charge in [-0.15, -0.1) is 5.10 Å². The van der Waals surface area contributed by atoms with Crippen molar-refractivity contribution in [1.82, 2.24) is 15.0 Å². The maximum Gasteiger partial charge on any atom is 0.293 e. The van der Waals surface area contributed by atoms with Gasteiger partial charge in [-0.3, -0.25) is 4.79 Å². The molecule has 3 aromatic carbocycles. The highest BCUT2D eigenvalue weighted by Gasteiger charge is 2.15. The summed E-state index contributed by atoms with van der Waals surface area (Å²) in [6.07, 6.45) is 1.87. The molecule has 0 saturated carbocycles. The zero-order chi connectivity index (χ0) is 22.3. The van der Waals surface area contributed by atoms with Crippen LogP contribution in [0.25, 0.3) is 16.9 Å². The number of nitrogens with zero attached hydrogens (tertiary/aromatic N) is 3. The highest BCUT2D eigenvalue weighted by molar-refractivity contribution is 7.99. The average Bonchev–Trinajstić information content (AvgIpc) is 3.33. The average molecular weight is 448 g/mol. The summed E-state index contributed by atoms with van der Waals surface area (Å²) in [6, 6.07) is 21.5. The Bertz CT molecular complexity index is 1210. The van der Waals surface area contributed by atoms with Crippen molar-refractivity contribution in [2.24, 2.45) is 0 Å². The van der Waals surface area contributed by atoms with E-state index in [2.05, 4.69) is 16.4 Å². The first-order chi connectivity index (χ1) is 15.7. The van der Waals surface area contributed by atoms with Crippen molar-refractivity contribution >= 4 is 18.2 Å². The SMILES string of the molecule is COc1cccc(-n2cc(-c3ccccc3Sc3ccc(COC=O)cc3)nn2)c1OC. The minimum atomic E-state index is 0.266. The van der Waals surface area contributed by atoms with Gasteiger partial charge in [0.1, 0.15) is 18.0 Å². The molecule has 0 saturated heterocycles. The molecule has 0 N–H and O–H groups in total. The third-order valence-corrected chi connectivity index (χ3v) is 5.84. The molecule has 0 aliphatic carbocycles. The van der Waals surface area contributed by atoms with Crippen LogP contribution in [-0.4, -0.2) is 35.7 Å². The largest absolute Gasteiger partial charge is 0.493 e. The molecule has 0 aliphatic rings. The molecular formula is C24H21N3O4S. The summed E-state index contributed by atoms with van der Waals surface area (Å²) in [6.45, 7) is 0.717. The lowest BCUT2D eigenvalue weighted by Gasteiger charge is -2.11. The van der Waals surface area contributed by atoms with E-state index in [1.54, 1.807) is 30.7 Å². The van der Waals surface area contributed by atoms with Crippen molar-refractivity contribution in [1.29, 1.82) is 0 Å². The first kappa shape index (κ1) is 21.5. The van der Waals surface area contributed by atoms with E-state index < -0.39 is 0 Å². The van der Waals surface area contributed by atoms with E-state index in [0.717, 1.165) is 32.3 Å². The summed E-state index contributed by atoms with van der Waals surface area (Å²) in [5, 5.41) is 8.71. The van der Waals surface area contributed by atoms with Crippen molar-refractivity contribution in [3.63, 3.8) is 0 Å². The van der Waals surface area contributed by atoms with E-state index in [9.17, 15) is 4.79 Å². The lowest BCUT2D eigenvalue weighted by atomic mass is 10.2. The Morgan fingerprint density at radius 3 is 2.53 bits per heavy atom. The fourth-order valence-electron chi connectivity index (χ4n) is 3.23. The van der Waals surface area contributed by atoms with E-state index >= 15 is 0 Å². The first-order valence-electron chi connectivity index (χ1n) is 9.78. The number of para-hydroxylation sites is 1. The lowest BCUT2D eigenvalue weighted by molar-refractivity contribution is -0.129. The van der Waals surface area contributed by atoms with Gasteiger partial charge >= 0.3 is 0 Å². The van der Waals surface area contributed by atoms with Crippen LogP contribution in [0.15, 0.2) is 82.7 Å². The highest BCUT2D eigenvalue weighted by Crippen LogP contribution is 2.37. The molecule has 7 nitrogen and oxygen atoms in total. The molecule has 4 aromatic rings. The Labute approximate surface area is 189 Å². The van der Waals surface area contributed by atoms with E-state index in [1.165, 1.54) is 0 Å². The smallest absolute Gasteiger partial charge is 0.293 e. The van der Waals surface area contributed by atoms with Gasteiger partial charge in [-0.1, -0.05) is 53.4 Å². The molecule has 32 heavy (non-hydrogen) atoms. The van der Waals surface area contributed by atoms with E-state index in [4.69, 9.17) is 14.2 Å². The molecule has 1 heterocycles. The summed E-state index contributed by atoms with van der Waals surface area (Å²) >= 11 is 1.63. The minimum Gasteiger partial charge on any atom is -0.493 e. The Kier molecular flexibility index (Phi) is 6.72. The predicted molar refractivity (Wildman–Crippen MR) is 121 cm³/mol. The van der Waals surface area contributed by atoms with Gasteiger partial charge in [0, 0.05) is 15.4 Å². The number of methoxy groups -OCH3 is 2. The summed E-state index contributed by atoms with van der Waals surface area (Å²) in [4.78, 5) is 12.5. The molecular weight excluding hydrogens is 426 g/mol. The molecule has 1 aromatic heterocycles. The van der Waals surface area contributed by atoms with Gasteiger partial charge in [-0.25, -0.2) is 4.68 Å². The second kappa shape index (κ2) is 10.0. The van der Waals surface area contributed by atoms with Crippen molar-refractivity contribution in [3.8, 4) is 28.4 Å². The van der Waals surface area contributed by atoms with Gasteiger partial charge in [0.25, 0.3) is 6.47 Å². The molecule has 0 atom stereocenters. The van der Waals surface area contributed by atoms with E-state index in [1.807, 2.05) is 66.9 Å². The van der Waals surface area contributed by atoms with Crippen LogP contribution >= 0.6 is 11.8 Å². The molecule has 0 bridgehead atoms. The normalized spacial score (nSPS) is 10.6. The molecule has 162 valence electrons. The van der Waals surface area contributed by atoms with Crippen LogP contribution in [-0.2, 0) is 16.1 Å². The van der Waals surface area contributed by atoms with Crippen molar-refractivity contribution in [2.75, 3.05) is 14.2 Å². The van der Waals surface area contributed by atoms with E-state index in [0.29, 0.717) is 18.0 Å². The number of aromatic nitrogens is 3. The van der Waals surface area contributed by atoms with Gasteiger partial charge in [-0.05, 0) is 35.9 Å². The van der Waals surface area contributed by atoms with Crippen molar-refractivity contribution in [3.05, 3.63) is 78.5 Å². The first-order valence-corrected chi connectivity index (χ1v) is 10.6. The second-order valence-electron chi connectivity index (χ2n) is 6.71. The van der Waals surface area contributed by atoms with Crippen molar-refractivity contribution < 1.29 is 19.0 Å². The number of rotatable bonds is 9. The number of hydrogen-bond acceptors (Lipinski definition) is 7. The molecule has 0 amide bonds. The minimum absolute atomic E-state index is 0.266. The molecule has 0 aliphatic heterocycles. The third-order valence-electron chi connectivity index (χ3n) is 4.75. The number of carbonyl (C=O) groups is 1. The second-order valence-corrected chi connectivity index (χ2v) is 7.83. The number of hydrogen-bond donors (Lipinski definition) is 0. The Morgan fingerprint density at radius 1 is 0.969 bits per heavy atom. The van der Waals surface area contributed by atoms with Gasteiger partial charge < -0.3 is 14.2 Å². The lowest BCUT2D eigenvalue weighted by Crippen LogP contribution is -2.00. The van der Waals surface area contributed by atoms with E-state index in [-0.39, 0.29) is 6.61 Å². The predicted octanol–water partition coefficient (Wildman–Crippen LogP) is 4.78. The molecule has 4 rings (SSSR count). The Hall–Kier alpha value is -3.78. The van der Waals surface area contributed by atoms with Gasteiger partial charge in [-0.2, -0.15) is 0 Å². The van der Waals surface area contributed by atoms with Gasteiger partial charge in [0.05, 0.1) is 20.4 Å². The van der Waals surface area contributed by atoms with Gasteiger partial charge in [0.15, 0.2) is 11.5 Å². The Balaban J connectivity index is 1.62. The number of ether oxygens (including phenoxy) is 3. The van der Waals surface area contributed by atoms with Crippen LogP contribution in [0.3, 0.4) is 0 Å². The fraction of sp³-hybridized carbons (Fsp3) is 0.125. The van der Waals surface area contributed by atoms with Crippen molar-refractivity contribution in [2.45, 2.75) is 16.4 Å². The highest BCUT2D eigenvalue weighted by atomic mass is 32.2. The van der Waals surface area contributed by atoms with Crippen LogP contribution in [0.4, 0.5) is 0 Å². The topological polar surface area (TPSA) is 75.5 Å². The maximum absolute atomic E-state index is 10.4. The Morgan fingerprint density at radius 2 is 1.78 bits per heavy atom. The van der Waals surface area contributed by atoms with Crippen LogP contribution in [0.1, 0.15) is 5.56 Å². The fourth-order valence-corrected chi connectivity index (χ4v) is 4.19. The summed E-state index contributed by atoms with van der Waals surface area (Å²) < 4.78 is 17.4. The molecule has 8 heteroatoms. The van der Waals surface area contributed by atoms with Crippen LogP contribution in [0.2, 0.25) is 0 Å². The van der Waals surface area contributed by atoms with Crippen LogP contribution in [0, 0.1) is 0 Å². The maximum atomic E-state index is 10.4. The number of carbonyl (C=O) groups excluding carboxylic acids is 1. The molecule has 0 unspecified atom stereocenters. The van der Waals surface area contributed by atoms with Crippen LogP contribution < -0.4 is 9.47 Å². The molecule has 0 radical (unpaired) electrons. The molecule has 0 spiro atoms.